The lowest BCUT2D eigenvalue weighted by Crippen LogP contribution is -2.25. The molecule has 0 saturated carbocycles. The molecule has 0 fully saturated rings. The van der Waals surface area contributed by atoms with Crippen LogP contribution in [-0.4, -0.2) is 20.7 Å². The molecule has 6 nitrogen and oxygen atoms in total. The molecule has 6 heteroatoms. The van der Waals surface area contributed by atoms with Crippen LogP contribution in [0.3, 0.4) is 0 Å². The molecule has 2 heterocycles. The topological polar surface area (TPSA) is 84.2 Å². The Labute approximate surface area is 103 Å². The quantitative estimate of drug-likeness (QED) is 0.813. The van der Waals surface area contributed by atoms with Crippen molar-refractivity contribution in [3.63, 3.8) is 0 Å². The molecular formula is C12H11N3O3. The smallest absolute Gasteiger partial charge is 0.270 e. The number of carbonyl (C=O) groups is 1. The zero-order valence-electron chi connectivity index (χ0n) is 9.62. The number of nitrogens with zero attached hydrogens (tertiary/aromatic N) is 2. The summed E-state index contributed by atoms with van der Waals surface area (Å²) in [4.78, 5) is 26.8. The second kappa shape index (κ2) is 4.70. The van der Waals surface area contributed by atoms with E-state index in [0.29, 0.717) is 5.56 Å². The summed E-state index contributed by atoms with van der Waals surface area (Å²) in [7, 11) is 0. The predicted octanol–water partition coefficient (Wildman–Crippen LogP) is 0.641. The van der Waals surface area contributed by atoms with E-state index < -0.39 is 5.43 Å². The van der Waals surface area contributed by atoms with Crippen molar-refractivity contribution in [3.8, 4) is 5.75 Å². The predicted molar refractivity (Wildman–Crippen MR) is 65.0 cm³/mol. The second-order valence-electron chi connectivity index (χ2n) is 3.66. The van der Waals surface area contributed by atoms with E-state index in [2.05, 4.69) is 10.4 Å². The molecule has 0 aromatic carbocycles. The van der Waals surface area contributed by atoms with Crippen molar-refractivity contribution in [1.82, 2.24) is 9.66 Å². The average Bonchev–Trinajstić information content (AvgIpc) is 2.40. The lowest BCUT2D eigenvalue weighted by atomic mass is 10.2. The van der Waals surface area contributed by atoms with Gasteiger partial charge in [-0.2, -0.15) is 0 Å². The first-order valence-corrected chi connectivity index (χ1v) is 5.22. The zero-order chi connectivity index (χ0) is 13.1. The fourth-order valence-electron chi connectivity index (χ4n) is 1.42. The Morgan fingerprint density at radius 1 is 1.33 bits per heavy atom. The van der Waals surface area contributed by atoms with Crippen molar-refractivity contribution in [3.05, 3.63) is 58.3 Å². The molecular weight excluding hydrogens is 234 g/mol. The summed E-state index contributed by atoms with van der Waals surface area (Å²) in [6, 6.07) is 4.30. The van der Waals surface area contributed by atoms with Gasteiger partial charge >= 0.3 is 0 Å². The Kier molecular flexibility index (Phi) is 3.09. The first-order chi connectivity index (χ1) is 8.59. The highest BCUT2D eigenvalue weighted by Gasteiger charge is 2.09. The first-order valence-electron chi connectivity index (χ1n) is 5.22. The van der Waals surface area contributed by atoms with Gasteiger partial charge in [-0.05, 0) is 19.1 Å². The van der Waals surface area contributed by atoms with E-state index in [1.54, 1.807) is 12.1 Å². The van der Waals surface area contributed by atoms with Crippen LogP contribution in [0.2, 0.25) is 0 Å². The highest BCUT2D eigenvalue weighted by atomic mass is 16.3. The van der Waals surface area contributed by atoms with Gasteiger partial charge in [0.2, 0.25) is 5.43 Å². The summed E-state index contributed by atoms with van der Waals surface area (Å²) in [5.41, 5.74) is 2.76. The Bertz CT molecular complexity index is 635. The number of carbonyl (C=O) groups excluding carboxylic acids is 1. The van der Waals surface area contributed by atoms with Crippen molar-refractivity contribution in [2.24, 2.45) is 0 Å². The van der Waals surface area contributed by atoms with Crippen molar-refractivity contribution >= 4 is 5.91 Å². The normalized spacial score (nSPS) is 10.1. The minimum atomic E-state index is -0.484. The third kappa shape index (κ3) is 2.22. The van der Waals surface area contributed by atoms with Gasteiger partial charge in [-0.15, -0.1) is 0 Å². The van der Waals surface area contributed by atoms with Crippen molar-refractivity contribution in [2.75, 3.05) is 5.43 Å². The van der Waals surface area contributed by atoms with Crippen LogP contribution in [0, 0.1) is 6.92 Å². The SMILES string of the molecule is Cc1c(O)c(=O)ccn1NC(=O)c1ccncc1. The molecule has 18 heavy (non-hydrogen) atoms. The number of pyridine rings is 2. The lowest BCUT2D eigenvalue weighted by Gasteiger charge is -2.12. The first kappa shape index (κ1) is 11.8. The van der Waals surface area contributed by atoms with Crippen LogP contribution in [0.25, 0.3) is 0 Å². The number of hydrogen-bond donors (Lipinski definition) is 2. The van der Waals surface area contributed by atoms with Gasteiger partial charge in [0, 0.05) is 30.2 Å². The second-order valence-corrected chi connectivity index (χ2v) is 3.66. The largest absolute Gasteiger partial charge is 0.503 e. The van der Waals surface area contributed by atoms with E-state index in [0.717, 1.165) is 0 Å². The van der Waals surface area contributed by atoms with E-state index in [1.165, 1.54) is 36.3 Å². The van der Waals surface area contributed by atoms with Gasteiger partial charge in [-0.3, -0.25) is 24.7 Å². The van der Waals surface area contributed by atoms with Gasteiger partial charge < -0.3 is 5.11 Å². The van der Waals surface area contributed by atoms with Gasteiger partial charge in [0.1, 0.15) is 0 Å². The highest BCUT2D eigenvalue weighted by molar-refractivity contribution is 5.99. The molecule has 0 aliphatic rings. The summed E-state index contributed by atoms with van der Waals surface area (Å²) in [5, 5.41) is 9.48. The lowest BCUT2D eigenvalue weighted by molar-refractivity contribution is 0.101. The molecule has 1 amide bonds. The molecule has 0 spiro atoms. The Morgan fingerprint density at radius 3 is 2.67 bits per heavy atom. The summed E-state index contributed by atoms with van der Waals surface area (Å²) in [6.07, 6.45) is 4.39. The molecule has 92 valence electrons. The number of rotatable bonds is 2. The minimum Gasteiger partial charge on any atom is -0.503 e. The summed E-state index contributed by atoms with van der Waals surface area (Å²) in [6.45, 7) is 1.53. The van der Waals surface area contributed by atoms with Crippen molar-refractivity contribution in [2.45, 2.75) is 6.92 Å². The van der Waals surface area contributed by atoms with Gasteiger partial charge in [-0.1, -0.05) is 0 Å². The molecule has 0 atom stereocenters. The molecule has 0 radical (unpaired) electrons. The van der Waals surface area contributed by atoms with Gasteiger partial charge in [0.25, 0.3) is 5.91 Å². The zero-order valence-corrected chi connectivity index (χ0v) is 9.62. The van der Waals surface area contributed by atoms with Crippen molar-refractivity contribution in [1.29, 1.82) is 0 Å². The standard InChI is InChI=1S/C12H11N3O3/c1-8-11(17)10(16)4-7-15(8)14-12(18)9-2-5-13-6-3-9/h2-7,17H,1H3,(H,14,18). The molecule has 0 saturated heterocycles. The molecule has 2 aromatic heterocycles. The molecule has 2 aromatic rings. The maximum absolute atomic E-state index is 11.8. The van der Waals surface area contributed by atoms with Crippen LogP contribution in [0.1, 0.15) is 16.1 Å². The molecule has 2 N–H and O–H groups in total. The molecule has 0 aliphatic carbocycles. The number of aromatic nitrogens is 2. The number of amides is 1. The van der Waals surface area contributed by atoms with Crippen LogP contribution < -0.4 is 10.9 Å². The molecule has 2 rings (SSSR count). The summed E-state index contributed by atoms with van der Waals surface area (Å²) < 4.78 is 1.29. The maximum Gasteiger partial charge on any atom is 0.270 e. The molecule has 0 aliphatic heterocycles. The van der Waals surface area contributed by atoms with Crippen LogP contribution >= 0.6 is 0 Å². The van der Waals surface area contributed by atoms with Crippen LogP contribution in [0.4, 0.5) is 0 Å². The number of nitrogens with one attached hydrogen (secondary N) is 1. The fraction of sp³-hybridized carbons (Fsp3) is 0.0833. The highest BCUT2D eigenvalue weighted by Crippen LogP contribution is 2.08. The third-order valence-corrected chi connectivity index (χ3v) is 2.48. The van der Waals surface area contributed by atoms with E-state index in [9.17, 15) is 14.7 Å². The van der Waals surface area contributed by atoms with Gasteiger partial charge in [0.05, 0.1) is 5.69 Å². The van der Waals surface area contributed by atoms with Gasteiger partial charge in [-0.25, -0.2) is 0 Å². The van der Waals surface area contributed by atoms with Crippen LogP contribution in [-0.2, 0) is 0 Å². The van der Waals surface area contributed by atoms with Crippen molar-refractivity contribution < 1.29 is 9.90 Å². The summed E-state index contributed by atoms with van der Waals surface area (Å²) in [5.74, 6) is -0.740. The van der Waals surface area contributed by atoms with E-state index >= 15 is 0 Å². The average molecular weight is 245 g/mol. The van der Waals surface area contributed by atoms with E-state index in [-0.39, 0.29) is 17.4 Å². The molecule has 0 bridgehead atoms. The monoisotopic (exact) mass is 245 g/mol. The third-order valence-electron chi connectivity index (χ3n) is 2.48. The van der Waals surface area contributed by atoms with E-state index in [4.69, 9.17) is 0 Å². The maximum atomic E-state index is 11.8. The minimum absolute atomic E-state index is 0.268. The van der Waals surface area contributed by atoms with Crippen LogP contribution in [0.5, 0.6) is 5.75 Å². The Morgan fingerprint density at radius 2 is 2.00 bits per heavy atom. The Hall–Kier alpha value is -2.63. The van der Waals surface area contributed by atoms with Gasteiger partial charge in [0.15, 0.2) is 5.75 Å². The van der Waals surface area contributed by atoms with E-state index in [1.807, 2.05) is 0 Å². The number of hydrogen-bond acceptors (Lipinski definition) is 4. The molecule has 0 unspecified atom stereocenters. The summed E-state index contributed by atoms with van der Waals surface area (Å²) >= 11 is 0. The number of aromatic hydroxyl groups is 1. The Balaban J connectivity index is 2.28. The fourth-order valence-corrected chi connectivity index (χ4v) is 1.42. The van der Waals surface area contributed by atoms with Crippen LogP contribution in [0.15, 0.2) is 41.6 Å².